The van der Waals surface area contributed by atoms with Crippen LogP contribution < -0.4 is 5.32 Å². The minimum absolute atomic E-state index is 0.166. The normalized spacial score (nSPS) is 25.8. The number of hydrogen-bond acceptors (Lipinski definition) is 3. The first-order valence-electron chi connectivity index (χ1n) is 4.98. The Labute approximate surface area is 97.2 Å². The Morgan fingerprint density at radius 1 is 1.73 bits per heavy atom. The number of aryl methyl sites for hydroxylation is 1. The number of nitrogens with zero attached hydrogens (tertiary/aromatic N) is 2. The van der Waals surface area contributed by atoms with E-state index in [0.717, 1.165) is 24.0 Å². The second kappa shape index (κ2) is 3.72. The summed E-state index contributed by atoms with van der Waals surface area (Å²) in [6.45, 7) is 3.68. The molecule has 82 valence electrons. The first-order valence-corrected chi connectivity index (χ1v) is 5.77. The number of nitrogens with one attached hydrogen (secondary N) is 1. The molecule has 1 aromatic rings. The Kier molecular flexibility index (Phi) is 2.68. The van der Waals surface area contributed by atoms with Gasteiger partial charge in [0.05, 0.1) is 10.7 Å². The van der Waals surface area contributed by atoms with E-state index in [1.54, 1.807) is 17.9 Å². The molecular weight excluding hydrogens is 258 g/mol. The van der Waals surface area contributed by atoms with Gasteiger partial charge in [0.15, 0.2) is 5.78 Å². The second-order valence-electron chi connectivity index (χ2n) is 4.28. The van der Waals surface area contributed by atoms with Crippen molar-refractivity contribution in [3.05, 3.63) is 16.4 Å². The summed E-state index contributed by atoms with van der Waals surface area (Å²) in [4.78, 5) is 12.3. The van der Waals surface area contributed by atoms with Gasteiger partial charge in [0.25, 0.3) is 0 Å². The van der Waals surface area contributed by atoms with Gasteiger partial charge in [-0.15, -0.1) is 0 Å². The Morgan fingerprint density at radius 2 is 2.47 bits per heavy atom. The highest BCUT2D eigenvalue weighted by Gasteiger charge is 2.38. The van der Waals surface area contributed by atoms with Gasteiger partial charge >= 0.3 is 0 Å². The Morgan fingerprint density at radius 3 is 2.93 bits per heavy atom. The lowest BCUT2D eigenvalue weighted by atomic mass is 9.83. The van der Waals surface area contributed by atoms with E-state index in [9.17, 15) is 4.79 Å². The number of aromatic nitrogens is 2. The van der Waals surface area contributed by atoms with Crippen molar-refractivity contribution in [2.24, 2.45) is 12.5 Å². The Hall–Kier alpha value is -0.680. The molecule has 5 heteroatoms. The highest BCUT2D eigenvalue weighted by atomic mass is 79.9. The van der Waals surface area contributed by atoms with Crippen LogP contribution in [0.4, 0.5) is 0 Å². The van der Waals surface area contributed by atoms with Crippen LogP contribution in [0, 0.1) is 5.41 Å². The minimum Gasteiger partial charge on any atom is -0.316 e. The molecule has 0 bridgehead atoms. The molecule has 1 unspecified atom stereocenters. The lowest BCUT2D eigenvalue weighted by molar-refractivity contribution is 0.0828. The molecule has 0 aliphatic carbocycles. The third-order valence-corrected chi connectivity index (χ3v) is 3.61. The number of hydrogen-bond donors (Lipinski definition) is 1. The smallest absolute Gasteiger partial charge is 0.189 e. The zero-order chi connectivity index (χ0) is 11.1. The molecule has 0 radical (unpaired) electrons. The van der Waals surface area contributed by atoms with E-state index >= 15 is 0 Å². The van der Waals surface area contributed by atoms with Crippen LogP contribution in [0.1, 0.15) is 23.8 Å². The molecule has 15 heavy (non-hydrogen) atoms. The van der Waals surface area contributed by atoms with Crippen LogP contribution in [0.5, 0.6) is 0 Å². The molecule has 1 fully saturated rings. The van der Waals surface area contributed by atoms with Crippen molar-refractivity contribution in [2.75, 3.05) is 13.1 Å². The summed E-state index contributed by atoms with van der Waals surface area (Å²) in [5.41, 5.74) is 0.386. The highest BCUT2D eigenvalue weighted by Crippen LogP contribution is 2.31. The molecular formula is C10H14BrN3O. The Balaban J connectivity index is 2.35. The van der Waals surface area contributed by atoms with Crippen LogP contribution in [0.15, 0.2) is 10.7 Å². The van der Waals surface area contributed by atoms with Gasteiger partial charge in [0, 0.05) is 19.0 Å². The fourth-order valence-electron chi connectivity index (χ4n) is 1.96. The summed E-state index contributed by atoms with van der Waals surface area (Å²) in [6.07, 6.45) is 2.56. The molecule has 1 aliphatic rings. The monoisotopic (exact) mass is 271 g/mol. The minimum atomic E-state index is -0.281. The van der Waals surface area contributed by atoms with Gasteiger partial charge in [-0.2, -0.15) is 5.10 Å². The zero-order valence-electron chi connectivity index (χ0n) is 8.88. The lowest BCUT2D eigenvalue weighted by Crippen LogP contribution is -2.31. The van der Waals surface area contributed by atoms with Gasteiger partial charge in [-0.05, 0) is 28.9 Å². The van der Waals surface area contributed by atoms with E-state index in [-0.39, 0.29) is 11.2 Å². The second-order valence-corrected chi connectivity index (χ2v) is 5.14. The standard InChI is InChI=1S/C10H14BrN3O/c1-10(3-4-12-6-10)9(15)8-7(11)5-13-14(8)2/h5,12H,3-4,6H2,1-2H3. The summed E-state index contributed by atoms with van der Waals surface area (Å²) in [7, 11) is 1.80. The molecule has 0 spiro atoms. The Bertz CT molecular complexity index is 374. The van der Waals surface area contributed by atoms with Gasteiger partial charge in [0.2, 0.25) is 0 Å². The molecule has 1 aliphatic heterocycles. The van der Waals surface area contributed by atoms with Crippen LogP contribution in [0.3, 0.4) is 0 Å². The highest BCUT2D eigenvalue weighted by molar-refractivity contribution is 9.10. The number of Topliss-reactive ketones (excluding diaryl/α,β-unsaturated/α-hetero) is 1. The van der Waals surface area contributed by atoms with E-state index in [1.807, 2.05) is 6.92 Å². The van der Waals surface area contributed by atoms with Crippen molar-refractivity contribution in [2.45, 2.75) is 13.3 Å². The molecule has 2 rings (SSSR count). The van der Waals surface area contributed by atoms with Crippen molar-refractivity contribution >= 4 is 21.7 Å². The maximum Gasteiger partial charge on any atom is 0.189 e. The molecule has 1 N–H and O–H groups in total. The summed E-state index contributed by atoms with van der Waals surface area (Å²) in [5, 5.41) is 7.30. The fourth-order valence-corrected chi connectivity index (χ4v) is 2.49. The SMILES string of the molecule is Cn1ncc(Br)c1C(=O)C1(C)CCNC1. The van der Waals surface area contributed by atoms with E-state index < -0.39 is 0 Å². The largest absolute Gasteiger partial charge is 0.316 e. The van der Waals surface area contributed by atoms with Gasteiger partial charge < -0.3 is 5.32 Å². The van der Waals surface area contributed by atoms with Gasteiger partial charge in [-0.3, -0.25) is 9.48 Å². The molecule has 1 saturated heterocycles. The van der Waals surface area contributed by atoms with Crippen LogP contribution in [-0.4, -0.2) is 28.7 Å². The molecule has 4 nitrogen and oxygen atoms in total. The summed E-state index contributed by atoms with van der Waals surface area (Å²) in [5.74, 6) is 0.166. The first-order chi connectivity index (χ1) is 7.04. The lowest BCUT2D eigenvalue weighted by Gasteiger charge is -2.20. The zero-order valence-corrected chi connectivity index (χ0v) is 10.5. The summed E-state index contributed by atoms with van der Waals surface area (Å²) < 4.78 is 2.42. The molecule has 1 atom stereocenters. The van der Waals surface area contributed by atoms with Crippen LogP contribution >= 0.6 is 15.9 Å². The number of rotatable bonds is 2. The predicted octanol–water partition coefficient (Wildman–Crippen LogP) is 1.36. The van der Waals surface area contributed by atoms with Crippen LogP contribution in [-0.2, 0) is 7.05 Å². The topological polar surface area (TPSA) is 46.9 Å². The molecule has 1 aromatic heterocycles. The molecule has 0 saturated carbocycles. The van der Waals surface area contributed by atoms with E-state index in [2.05, 4.69) is 26.3 Å². The molecule has 0 aromatic carbocycles. The van der Waals surface area contributed by atoms with Gasteiger partial charge in [-0.25, -0.2) is 0 Å². The van der Waals surface area contributed by atoms with Crippen molar-refractivity contribution in [1.29, 1.82) is 0 Å². The van der Waals surface area contributed by atoms with Gasteiger partial charge in [0.1, 0.15) is 5.69 Å². The van der Waals surface area contributed by atoms with Crippen LogP contribution in [0.2, 0.25) is 0 Å². The maximum absolute atomic E-state index is 12.3. The van der Waals surface area contributed by atoms with Crippen molar-refractivity contribution < 1.29 is 4.79 Å². The average molecular weight is 272 g/mol. The van der Waals surface area contributed by atoms with Gasteiger partial charge in [-0.1, -0.05) is 6.92 Å². The predicted molar refractivity (Wildman–Crippen MR) is 60.8 cm³/mol. The van der Waals surface area contributed by atoms with Crippen molar-refractivity contribution in [3.63, 3.8) is 0 Å². The number of halogens is 1. The summed E-state index contributed by atoms with van der Waals surface area (Å²) >= 11 is 3.36. The molecule has 0 amide bonds. The first kappa shape index (κ1) is 10.8. The van der Waals surface area contributed by atoms with E-state index in [0.29, 0.717) is 5.69 Å². The fraction of sp³-hybridized carbons (Fsp3) is 0.600. The molecule has 2 heterocycles. The van der Waals surface area contributed by atoms with Crippen molar-refractivity contribution in [1.82, 2.24) is 15.1 Å². The van der Waals surface area contributed by atoms with Crippen LogP contribution in [0.25, 0.3) is 0 Å². The van der Waals surface area contributed by atoms with E-state index in [1.165, 1.54) is 0 Å². The maximum atomic E-state index is 12.3. The number of carbonyl (C=O) groups is 1. The van der Waals surface area contributed by atoms with Crippen molar-refractivity contribution in [3.8, 4) is 0 Å². The third-order valence-electron chi connectivity index (χ3n) is 3.03. The third kappa shape index (κ3) is 1.74. The average Bonchev–Trinajstić information content (AvgIpc) is 2.75. The van der Waals surface area contributed by atoms with E-state index in [4.69, 9.17) is 0 Å². The quantitative estimate of drug-likeness (QED) is 0.827. The number of carbonyl (C=O) groups excluding carboxylic acids is 1. The number of ketones is 1. The summed E-state index contributed by atoms with van der Waals surface area (Å²) in [6, 6.07) is 0.